The third-order valence-electron chi connectivity index (χ3n) is 1.62. The summed E-state index contributed by atoms with van der Waals surface area (Å²) in [6.45, 7) is 4.15. The molecule has 5 heteroatoms. The molecule has 5 nitrogen and oxygen atoms in total. The summed E-state index contributed by atoms with van der Waals surface area (Å²) in [5, 5.41) is 8.07. The maximum Gasteiger partial charge on any atom is 0.236 e. The van der Waals surface area contributed by atoms with Crippen LogP contribution in [0.5, 0.6) is 0 Å². The van der Waals surface area contributed by atoms with Crippen molar-refractivity contribution in [3.8, 4) is 0 Å². The van der Waals surface area contributed by atoms with Gasteiger partial charge in [-0.05, 0) is 14.0 Å². The highest BCUT2D eigenvalue weighted by atomic mass is 16.2. The van der Waals surface area contributed by atoms with Crippen molar-refractivity contribution in [3.05, 3.63) is 0 Å². The maximum atomic E-state index is 11.1. The summed E-state index contributed by atoms with van der Waals surface area (Å²) in [6.07, 6.45) is 0. The van der Waals surface area contributed by atoms with Crippen molar-refractivity contribution in [2.24, 2.45) is 0 Å². The first-order chi connectivity index (χ1) is 6.07. The molecular weight excluding hydrogens is 170 g/mol. The third kappa shape index (κ3) is 6.10. The molecule has 0 radical (unpaired) electrons. The van der Waals surface area contributed by atoms with Gasteiger partial charge in [0.25, 0.3) is 0 Å². The molecule has 0 fully saturated rings. The van der Waals surface area contributed by atoms with Crippen LogP contribution < -0.4 is 16.0 Å². The van der Waals surface area contributed by atoms with E-state index in [-0.39, 0.29) is 17.9 Å². The van der Waals surface area contributed by atoms with E-state index in [0.29, 0.717) is 13.1 Å². The highest BCUT2D eigenvalue weighted by Gasteiger charge is 2.07. The zero-order valence-electron chi connectivity index (χ0n) is 8.31. The summed E-state index contributed by atoms with van der Waals surface area (Å²) in [7, 11) is 1.72. The van der Waals surface area contributed by atoms with Crippen molar-refractivity contribution in [2.45, 2.75) is 19.9 Å². The third-order valence-corrected chi connectivity index (χ3v) is 1.62. The minimum absolute atomic E-state index is 0.0622. The van der Waals surface area contributed by atoms with Crippen molar-refractivity contribution >= 4 is 11.8 Å². The molecule has 0 aromatic carbocycles. The maximum absolute atomic E-state index is 11.1. The van der Waals surface area contributed by atoms with E-state index in [2.05, 4.69) is 16.0 Å². The van der Waals surface area contributed by atoms with Crippen LogP contribution in [0.15, 0.2) is 0 Å². The predicted octanol–water partition coefficient (Wildman–Crippen LogP) is -1.15. The van der Waals surface area contributed by atoms with Crippen molar-refractivity contribution in [3.63, 3.8) is 0 Å². The number of carbonyl (C=O) groups is 2. The van der Waals surface area contributed by atoms with E-state index in [1.807, 2.05) is 0 Å². The van der Waals surface area contributed by atoms with Gasteiger partial charge in [0.2, 0.25) is 11.8 Å². The molecule has 0 heterocycles. The fourth-order valence-electron chi connectivity index (χ4n) is 0.708. The summed E-state index contributed by atoms with van der Waals surface area (Å²) >= 11 is 0. The average Bonchev–Trinajstić information content (AvgIpc) is 2.10. The molecule has 0 aliphatic rings. The van der Waals surface area contributed by atoms with Crippen molar-refractivity contribution in [2.75, 3.05) is 20.1 Å². The molecule has 0 aliphatic carbocycles. The molecule has 0 bridgehead atoms. The molecule has 76 valence electrons. The minimum atomic E-state index is -0.197. The van der Waals surface area contributed by atoms with Crippen LogP contribution in [0, 0.1) is 0 Å². The topological polar surface area (TPSA) is 70.2 Å². The van der Waals surface area contributed by atoms with Crippen LogP contribution in [0.25, 0.3) is 0 Å². The predicted molar refractivity (Wildman–Crippen MR) is 50.2 cm³/mol. The molecule has 0 saturated carbocycles. The quantitative estimate of drug-likeness (QED) is 0.476. The van der Waals surface area contributed by atoms with Crippen LogP contribution in [-0.4, -0.2) is 38.0 Å². The van der Waals surface area contributed by atoms with E-state index in [4.69, 9.17) is 0 Å². The van der Waals surface area contributed by atoms with E-state index in [1.54, 1.807) is 14.0 Å². The first-order valence-electron chi connectivity index (χ1n) is 4.27. The summed E-state index contributed by atoms with van der Waals surface area (Å²) in [6, 6.07) is -0.197. The van der Waals surface area contributed by atoms with Gasteiger partial charge < -0.3 is 16.0 Å². The summed E-state index contributed by atoms with van der Waals surface area (Å²) in [5.74, 6) is -0.149. The Morgan fingerprint density at radius 1 is 1.23 bits per heavy atom. The van der Waals surface area contributed by atoms with Gasteiger partial charge in [-0.1, -0.05) is 0 Å². The molecule has 2 amide bonds. The minimum Gasteiger partial charge on any atom is -0.355 e. The highest BCUT2D eigenvalue weighted by molar-refractivity contribution is 5.81. The number of amides is 2. The van der Waals surface area contributed by atoms with Crippen LogP contribution in [-0.2, 0) is 9.59 Å². The number of hydrogen-bond donors (Lipinski definition) is 3. The fraction of sp³-hybridized carbons (Fsp3) is 0.750. The molecule has 1 unspecified atom stereocenters. The first kappa shape index (κ1) is 11.9. The van der Waals surface area contributed by atoms with E-state index < -0.39 is 0 Å². The Morgan fingerprint density at radius 3 is 2.23 bits per heavy atom. The Bertz CT molecular complexity index is 182. The van der Waals surface area contributed by atoms with Gasteiger partial charge in [0.05, 0.1) is 6.04 Å². The zero-order chi connectivity index (χ0) is 10.3. The Hall–Kier alpha value is -1.10. The largest absolute Gasteiger partial charge is 0.355 e. The van der Waals surface area contributed by atoms with Gasteiger partial charge in [-0.15, -0.1) is 0 Å². The second-order valence-corrected chi connectivity index (χ2v) is 2.78. The molecule has 0 aromatic heterocycles. The van der Waals surface area contributed by atoms with Gasteiger partial charge in [-0.3, -0.25) is 9.59 Å². The molecule has 3 N–H and O–H groups in total. The molecule has 13 heavy (non-hydrogen) atoms. The van der Waals surface area contributed by atoms with Crippen LogP contribution in [0.3, 0.4) is 0 Å². The number of hydrogen-bond acceptors (Lipinski definition) is 3. The highest BCUT2D eigenvalue weighted by Crippen LogP contribution is 1.77. The van der Waals surface area contributed by atoms with Gasteiger partial charge in [-0.25, -0.2) is 0 Å². The summed E-state index contributed by atoms with van der Waals surface area (Å²) in [5.41, 5.74) is 0. The molecular formula is C8H17N3O2. The molecule has 0 aromatic rings. The lowest BCUT2D eigenvalue weighted by Gasteiger charge is -2.10. The fourth-order valence-corrected chi connectivity index (χ4v) is 0.708. The molecule has 0 spiro atoms. The number of nitrogens with one attached hydrogen (secondary N) is 3. The Balaban J connectivity index is 3.42. The lowest BCUT2D eigenvalue weighted by molar-refractivity contribution is -0.123. The average molecular weight is 187 g/mol. The zero-order valence-corrected chi connectivity index (χ0v) is 8.31. The molecule has 0 saturated heterocycles. The molecule has 0 rings (SSSR count). The van der Waals surface area contributed by atoms with Crippen LogP contribution in [0.1, 0.15) is 13.8 Å². The number of likely N-dealkylation sites (N-methyl/N-ethyl adjacent to an activating group) is 1. The molecule has 1 atom stereocenters. The van der Waals surface area contributed by atoms with Gasteiger partial charge >= 0.3 is 0 Å². The molecule has 0 aliphatic heterocycles. The van der Waals surface area contributed by atoms with Crippen molar-refractivity contribution in [1.29, 1.82) is 0 Å². The van der Waals surface area contributed by atoms with Crippen LogP contribution in [0.2, 0.25) is 0 Å². The van der Waals surface area contributed by atoms with Gasteiger partial charge in [0.15, 0.2) is 0 Å². The summed E-state index contributed by atoms with van der Waals surface area (Å²) < 4.78 is 0. The second-order valence-electron chi connectivity index (χ2n) is 2.78. The van der Waals surface area contributed by atoms with E-state index >= 15 is 0 Å². The standard InChI is InChI=1S/C8H17N3O2/c1-6(9-3)8(13)11-5-4-10-7(2)12/h6,9H,4-5H2,1-3H3,(H,10,12)(H,11,13). The van der Waals surface area contributed by atoms with Gasteiger partial charge in [-0.2, -0.15) is 0 Å². The van der Waals surface area contributed by atoms with E-state index in [9.17, 15) is 9.59 Å². The Morgan fingerprint density at radius 2 is 1.77 bits per heavy atom. The normalized spacial score (nSPS) is 11.9. The van der Waals surface area contributed by atoms with Gasteiger partial charge in [0, 0.05) is 20.0 Å². The lowest BCUT2D eigenvalue weighted by atomic mass is 10.3. The van der Waals surface area contributed by atoms with Gasteiger partial charge in [0.1, 0.15) is 0 Å². The Labute approximate surface area is 78.3 Å². The SMILES string of the molecule is CNC(C)C(=O)NCCNC(C)=O. The van der Waals surface area contributed by atoms with E-state index in [0.717, 1.165) is 0 Å². The van der Waals surface area contributed by atoms with E-state index in [1.165, 1.54) is 6.92 Å². The van der Waals surface area contributed by atoms with Crippen LogP contribution in [0.4, 0.5) is 0 Å². The summed E-state index contributed by atoms with van der Waals surface area (Å²) in [4.78, 5) is 21.6. The van der Waals surface area contributed by atoms with Crippen molar-refractivity contribution in [1.82, 2.24) is 16.0 Å². The van der Waals surface area contributed by atoms with Crippen LogP contribution >= 0.6 is 0 Å². The first-order valence-corrected chi connectivity index (χ1v) is 4.27. The monoisotopic (exact) mass is 187 g/mol. The second kappa shape index (κ2) is 6.42. The number of carbonyl (C=O) groups excluding carboxylic acids is 2. The van der Waals surface area contributed by atoms with Crippen molar-refractivity contribution < 1.29 is 9.59 Å². The number of rotatable bonds is 5. The Kier molecular flexibility index (Phi) is 5.88. The lowest BCUT2D eigenvalue weighted by Crippen LogP contribution is -2.43. The smallest absolute Gasteiger partial charge is 0.236 e.